The van der Waals surface area contributed by atoms with Gasteiger partial charge in [0, 0.05) is 12.1 Å². The Kier molecular flexibility index (Phi) is 3.76. The van der Waals surface area contributed by atoms with Crippen LogP contribution in [-0.2, 0) is 4.79 Å². The molecule has 3 rings (SSSR count). The Balaban J connectivity index is 1.72. The highest BCUT2D eigenvalue weighted by Gasteiger charge is 2.52. The Hall–Kier alpha value is -1.75. The van der Waals surface area contributed by atoms with E-state index in [1.54, 1.807) is 7.11 Å². The van der Waals surface area contributed by atoms with Gasteiger partial charge in [-0.3, -0.25) is 10.1 Å². The number of carbonyl (C=O) groups excluding carboxylic acids is 1. The summed E-state index contributed by atoms with van der Waals surface area (Å²) in [5, 5.41) is 3.43. The highest BCUT2D eigenvalue weighted by molar-refractivity contribution is 5.86. The maximum absolute atomic E-state index is 12.1. The first-order chi connectivity index (χ1) is 10.1. The summed E-state index contributed by atoms with van der Waals surface area (Å²) in [6.45, 7) is 0.274. The molecule has 0 radical (unpaired) electrons. The Morgan fingerprint density at radius 2 is 2.05 bits per heavy atom. The van der Waals surface area contributed by atoms with E-state index in [1.165, 1.54) is 0 Å². The van der Waals surface area contributed by atoms with Gasteiger partial charge in [0.05, 0.1) is 7.11 Å². The van der Waals surface area contributed by atoms with Crippen LogP contribution >= 0.6 is 0 Å². The molecule has 0 saturated heterocycles. The Bertz CT molecular complexity index is 526. The maximum Gasteiger partial charge on any atom is 0.241 e. The Morgan fingerprint density at radius 1 is 1.33 bits per heavy atom. The molecule has 3 N–H and O–H groups in total. The van der Waals surface area contributed by atoms with Crippen molar-refractivity contribution in [1.82, 2.24) is 5.32 Å². The lowest BCUT2D eigenvalue weighted by Crippen LogP contribution is -2.61. The van der Waals surface area contributed by atoms with Gasteiger partial charge in [0.1, 0.15) is 23.6 Å². The largest absolute Gasteiger partial charge is 0.497 e. The van der Waals surface area contributed by atoms with Crippen molar-refractivity contribution in [3.8, 4) is 11.5 Å². The van der Waals surface area contributed by atoms with Crippen molar-refractivity contribution in [2.45, 2.75) is 37.3 Å². The molecule has 2 aliphatic rings. The van der Waals surface area contributed by atoms with Crippen LogP contribution in [0, 0.1) is 5.92 Å². The summed E-state index contributed by atoms with van der Waals surface area (Å²) < 4.78 is 11.0. The normalized spacial score (nSPS) is 20.6. The fraction of sp³-hybridized carbons (Fsp3) is 0.562. The molecule has 1 amide bonds. The summed E-state index contributed by atoms with van der Waals surface area (Å²) in [4.78, 5) is 12.1. The predicted octanol–water partition coefficient (Wildman–Crippen LogP) is 1.46. The molecular formula is C16H22N2O3. The second-order valence-corrected chi connectivity index (χ2v) is 6.00. The number of hydrogen-bond donors (Lipinski definition) is 2. The van der Waals surface area contributed by atoms with E-state index < -0.39 is 5.54 Å². The van der Waals surface area contributed by atoms with Crippen LogP contribution in [0.1, 0.15) is 25.7 Å². The van der Waals surface area contributed by atoms with Gasteiger partial charge in [-0.05, 0) is 43.7 Å². The highest BCUT2D eigenvalue weighted by atomic mass is 16.5. The molecule has 5 nitrogen and oxygen atoms in total. The average Bonchev–Trinajstić information content (AvgIpc) is 3.36. The van der Waals surface area contributed by atoms with Gasteiger partial charge in [0.25, 0.3) is 0 Å². The molecule has 21 heavy (non-hydrogen) atoms. The number of nitrogens with one attached hydrogen (secondary N) is 1. The van der Waals surface area contributed by atoms with E-state index in [-0.39, 0.29) is 12.5 Å². The standard InChI is InChI=1S/C16H22N2O3/c1-20-13-3-2-4-14(9-13)21-10-16(15(17)19,11-5-6-11)18-12-7-8-12/h2-4,9,11-12,18H,5-8,10H2,1H3,(H2,17,19). The molecule has 1 aromatic carbocycles. The van der Waals surface area contributed by atoms with E-state index in [9.17, 15) is 4.79 Å². The molecule has 2 fully saturated rings. The summed E-state index contributed by atoms with van der Waals surface area (Å²) >= 11 is 0. The zero-order chi connectivity index (χ0) is 14.9. The third kappa shape index (κ3) is 3.13. The minimum Gasteiger partial charge on any atom is -0.497 e. The van der Waals surface area contributed by atoms with Gasteiger partial charge in [-0.1, -0.05) is 6.07 Å². The summed E-state index contributed by atoms with van der Waals surface area (Å²) in [5.41, 5.74) is 4.97. The van der Waals surface area contributed by atoms with Crippen molar-refractivity contribution < 1.29 is 14.3 Å². The lowest BCUT2D eigenvalue weighted by atomic mass is 9.93. The van der Waals surface area contributed by atoms with Crippen molar-refractivity contribution in [3.05, 3.63) is 24.3 Å². The van der Waals surface area contributed by atoms with Gasteiger partial charge in [0.2, 0.25) is 5.91 Å². The van der Waals surface area contributed by atoms with Crippen molar-refractivity contribution in [2.24, 2.45) is 11.7 Å². The third-order valence-corrected chi connectivity index (χ3v) is 4.26. The lowest BCUT2D eigenvalue weighted by molar-refractivity contribution is -0.126. The van der Waals surface area contributed by atoms with Crippen molar-refractivity contribution >= 4 is 5.91 Å². The van der Waals surface area contributed by atoms with Crippen molar-refractivity contribution in [3.63, 3.8) is 0 Å². The average molecular weight is 290 g/mol. The van der Waals surface area contributed by atoms with Gasteiger partial charge in [-0.2, -0.15) is 0 Å². The molecule has 0 spiro atoms. The first kappa shape index (κ1) is 14.2. The number of carbonyl (C=O) groups is 1. The van der Waals surface area contributed by atoms with E-state index in [0.29, 0.717) is 17.7 Å². The molecular weight excluding hydrogens is 268 g/mol. The van der Waals surface area contributed by atoms with E-state index in [4.69, 9.17) is 15.2 Å². The van der Waals surface area contributed by atoms with Crippen LogP contribution in [0.5, 0.6) is 11.5 Å². The number of methoxy groups -OCH3 is 1. The van der Waals surface area contributed by atoms with E-state index >= 15 is 0 Å². The summed E-state index contributed by atoms with van der Waals surface area (Å²) in [6.07, 6.45) is 4.29. The highest BCUT2D eigenvalue weighted by Crippen LogP contribution is 2.42. The molecule has 0 aromatic heterocycles. The summed E-state index contributed by atoms with van der Waals surface area (Å²) in [5.74, 6) is 1.41. The number of benzene rings is 1. The molecule has 0 aliphatic heterocycles. The van der Waals surface area contributed by atoms with Crippen molar-refractivity contribution in [1.29, 1.82) is 0 Å². The van der Waals surface area contributed by atoms with Crippen LogP contribution in [0.2, 0.25) is 0 Å². The molecule has 0 heterocycles. The molecule has 0 bridgehead atoms. The van der Waals surface area contributed by atoms with Gasteiger partial charge in [-0.25, -0.2) is 0 Å². The Labute approximate surface area is 124 Å². The quantitative estimate of drug-likeness (QED) is 0.760. The second kappa shape index (κ2) is 5.56. The van der Waals surface area contributed by atoms with E-state index in [1.807, 2.05) is 24.3 Å². The van der Waals surface area contributed by atoms with Crippen molar-refractivity contribution in [2.75, 3.05) is 13.7 Å². The van der Waals surface area contributed by atoms with Crippen LogP contribution in [0.15, 0.2) is 24.3 Å². The molecule has 5 heteroatoms. The number of nitrogens with two attached hydrogens (primary N) is 1. The maximum atomic E-state index is 12.1. The molecule has 1 unspecified atom stereocenters. The number of rotatable bonds is 8. The van der Waals surface area contributed by atoms with Gasteiger partial charge in [0.15, 0.2) is 0 Å². The SMILES string of the molecule is COc1cccc(OCC(NC2CC2)(C(N)=O)C2CC2)c1. The number of amides is 1. The van der Waals surface area contributed by atoms with Gasteiger partial charge < -0.3 is 15.2 Å². The second-order valence-electron chi connectivity index (χ2n) is 6.00. The van der Waals surface area contributed by atoms with Crippen LogP contribution in [0.4, 0.5) is 0 Å². The predicted molar refractivity (Wildman–Crippen MR) is 79.3 cm³/mol. The van der Waals surface area contributed by atoms with Gasteiger partial charge >= 0.3 is 0 Å². The molecule has 114 valence electrons. The van der Waals surface area contributed by atoms with E-state index in [2.05, 4.69) is 5.32 Å². The lowest BCUT2D eigenvalue weighted by Gasteiger charge is -2.32. The molecule has 2 saturated carbocycles. The zero-order valence-electron chi connectivity index (χ0n) is 12.3. The van der Waals surface area contributed by atoms with E-state index in [0.717, 1.165) is 31.4 Å². The molecule has 1 atom stereocenters. The Morgan fingerprint density at radius 3 is 2.62 bits per heavy atom. The van der Waals surface area contributed by atoms with Crippen LogP contribution in [0.25, 0.3) is 0 Å². The van der Waals surface area contributed by atoms with Crippen LogP contribution in [0.3, 0.4) is 0 Å². The van der Waals surface area contributed by atoms with Crippen LogP contribution in [-0.4, -0.2) is 31.2 Å². The first-order valence-corrected chi connectivity index (χ1v) is 7.48. The zero-order valence-corrected chi connectivity index (χ0v) is 12.3. The smallest absolute Gasteiger partial charge is 0.241 e. The number of primary amides is 1. The summed E-state index contributed by atoms with van der Waals surface area (Å²) in [7, 11) is 1.62. The number of hydrogen-bond acceptors (Lipinski definition) is 4. The third-order valence-electron chi connectivity index (χ3n) is 4.26. The fourth-order valence-corrected chi connectivity index (χ4v) is 2.68. The number of ether oxygens (including phenoxy) is 2. The molecule has 2 aliphatic carbocycles. The first-order valence-electron chi connectivity index (χ1n) is 7.48. The summed E-state index contributed by atoms with van der Waals surface area (Å²) in [6, 6.07) is 7.81. The monoisotopic (exact) mass is 290 g/mol. The topological polar surface area (TPSA) is 73.6 Å². The van der Waals surface area contributed by atoms with Gasteiger partial charge in [-0.15, -0.1) is 0 Å². The minimum absolute atomic E-state index is 0.274. The van der Waals surface area contributed by atoms with Crippen LogP contribution < -0.4 is 20.5 Å². The fourth-order valence-electron chi connectivity index (χ4n) is 2.68. The molecule has 1 aromatic rings. The minimum atomic E-state index is -0.732.